The van der Waals surface area contributed by atoms with Crippen LogP contribution in [0.1, 0.15) is 11.1 Å². The number of anilines is 1. The molecule has 0 atom stereocenters. The maximum atomic E-state index is 13.4. The van der Waals surface area contributed by atoms with Crippen LogP contribution in [0.15, 0.2) is 48.5 Å². The Morgan fingerprint density at radius 1 is 1.05 bits per heavy atom. The molecule has 0 spiro atoms. The quantitative estimate of drug-likeness (QED) is 0.906. The molecule has 0 radical (unpaired) electrons. The van der Waals surface area contributed by atoms with Gasteiger partial charge in [-0.2, -0.15) is 0 Å². The van der Waals surface area contributed by atoms with Crippen LogP contribution in [0.4, 0.5) is 10.1 Å². The van der Waals surface area contributed by atoms with Gasteiger partial charge in [0.05, 0.1) is 12.2 Å². The summed E-state index contributed by atoms with van der Waals surface area (Å²) in [4.78, 5) is 11.9. The van der Waals surface area contributed by atoms with Crippen LogP contribution in [-0.2, 0) is 17.6 Å². The highest BCUT2D eigenvalue weighted by atomic mass is 19.1. The first-order valence-corrected chi connectivity index (χ1v) is 7.07. The zero-order valence-electron chi connectivity index (χ0n) is 11.6. The van der Waals surface area contributed by atoms with Crippen LogP contribution in [0.25, 0.3) is 0 Å². The summed E-state index contributed by atoms with van der Waals surface area (Å²) in [5.74, 6) is -0.643. The number of benzene rings is 2. The van der Waals surface area contributed by atoms with Crippen LogP contribution in [0.2, 0.25) is 0 Å². The summed E-state index contributed by atoms with van der Waals surface area (Å²) in [5, 5.41) is 5.81. The van der Waals surface area contributed by atoms with Crippen molar-refractivity contribution in [1.82, 2.24) is 5.32 Å². The molecule has 3 nitrogen and oxygen atoms in total. The van der Waals surface area contributed by atoms with Crippen molar-refractivity contribution < 1.29 is 9.18 Å². The summed E-state index contributed by atoms with van der Waals surface area (Å²) in [6.07, 6.45) is 1.87. The summed E-state index contributed by atoms with van der Waals surface area (Å²) >= 11 is 0. The lowest BCUT2D eigenvalue weighted by molar-refractivity contribution is -0.115. The van der Waals surface area contributed by atoms with Gasteiger partial charge < -0.3 is 10.6 Å². The Balaban J connectivity index is 1.50. The lowest BCUT2D eigenvalue weighted by Crippen LogP contribution is -2.36. The van der Waals surface area contributed by atoms with Crippen molar-refractivity contribution in [3.8, 4) is 0 Å². The third-order valence-electron chi connectivity index (χ3n) is 3.75. The van der Waals surface area contributed by atoms with Crippen molar-refractivity contribution in [2.75, 3.05) is 11.9 Å². The third-order valence-corrected chi connectivity index (χ3v) is 3.75. The second-order valence-electron chi connectivity index (χ2n) is 5.28. The Hall–Kier alpha value is -2.20. The summed E-state index contributed by atoms with van der Waals surface area (Å²) in [6.45, 7) is 0.187. The molecule has 2 aromatic carbocycles. The van der Waals surface area contributed by atoms with E-state index in [2.05, 4.69) is 22.8 Å². The Labute approximate surface area is 123 Å². The zero-order valence-corrected chi connectivity index (χ0v) is 11.6. The van der Waals surface area contributed by atoms with Crippen molar-refractivity contribution in [1.29, 1.82) is 0 Å². The molecular formula is C17H17FN2O. The van der Waals surface area contributed by atoms with Gasteiger partial charge in [-0.3, -0.25) is 4.79 Å². The Morgan fingerprint density at radius 2 is 1.67 bits per heavy atom. The van der Waals surface area contributed by atoms with E-state index >= 15 is 0 Å². The predicted octanol–water partition coefficient (Wildman–Crippen LogP) is 2.52. The van der Waals surface area contributed by atoms with E-state index in [1.807, 2.05) is 12.1 Å². The molecule has 4 heteroatoms. The van der Waals surface area contributed by atoms with Crippen molar-refractivity contribution in [3.05, 3.63) is 65.5 Å². The Kier molecular flexibility index (Phi) is 3.97. The number of carbonyl (C=O) groups excluding carboxylic acids is 1. The van der Waals surface area contributed by atoms with Crippen LogP contribution in [0.5, 0.6) is 0 Å². The average Bonchev–Trinajstić information content (AvgIpc) is 2.90. The van der Waals surface area contributed by atoms with Gasteiger partial charge in [-0.25, -0.2) is 4.39 Å². The van der Waals surface area contributed by atoms with Crippen molar-refractivity contribution in [2.24, 2.45) is 0 Å². The molecule has 0 heterocycles. The standard InChI is InChI=1S/C17H17FN2O/c18-15-7-3-4-8-16(15)20-17(21)11-19-14-9-12-5-1-2-6-13(12)10-14/h1-8,14,19H,9-11H2,(H,20,21). The largest absolute Gasteiger partial charge is 0.322 e. The highest BCUT2D eigenvalue weighted by Crippen LogP contribution is 2.21. The molecule has 0 saturated heterocycles. The molecule has 108 valence electrons. The molecule has 1 amide bonds. The van der Waals surface area contributed by atoms with Gasteiger partial charge in [0.1, 0.15) is 5.82 Å². The predicted molar refractivity (Wildman–Crippen MR) is 80.7 cm³/mol. The molecular weight excluding hydrogens is 267 g/mol. The summed E-state index contributed by atoms with van der Waals surface area (Å²) < 4.78 is 13.4. The minimum absolute atomic E-state index is 0.187. The number of hydrogen-bond acceptors (Lipinski definition) is 2. The fourth-order valence-electron chi connectivity index (χ4n) is 2.70. The number of amides is 1. The van der Waals surface area contributed by atoms with Crippen LogP contribution in [0, 0.1) is 5.82 Å². The normalized spacial score (nSPS) is 14.0. The molecule has 0 bridgehead atoms. The van der Waals surface area contributed by atoms with E-state index in [0.29, 0.717) is 0 Å². The number of halogens is 1. The van der Waals surface area contributed by atoms with Crippen LogP contribution in [0.3, 0.4) is 0 Å². The first kappa shape index (κ1) is 13.8. The molecule has 1 aliphatic rings. The van der Waals surface area contributed by atoms with E-state index in [9.17, 15) is 9.18 Å². The number of para-hydroxylation sites is 1. The van der Waals surface area contributed by atoms with Gasteiger partial charge in [0.15, 0.2) is 0 Å². The molecule has 0 aliphatic heterocycles. The minimum Gasteiger partial charge on any atom is -0.322 e. The highest BCUT2D eigenvalue weighted by molar-refractivity contribution is 5.92. The fraction of sp³-hybridized carbons (Fsp3) is 0.235. The van der Waals surface area contributed by atoms with Crippen LogP contribution >= 0.6 is 0 Å². The van der Waals surface area contributed by atoms with Gasteiger partial charge in [0.25, 0.3) is 0 Å². The van der Waals surface area contributed by atoms with Gasteiger partial charge in [-0.05, 0) is 36.1 Å². The van der Waals surface area contributed by atoms with Gasteiger partial charge in [-0.1, -0.05) is 36.4 Å². The smallest absolute Gasteiger partial charge is 0.238 e. The molecule has 0 unspecified atom stereocenters. The summed E-state index contributed by atoms with van der Waals surface area (Å²) in [5.41, 5.74) is 2.90. The van der Waals surface area contributed by atoms with Gasteiger partial charge in [0.2, 0.25) is 5.91 Å². The van der Waals surface area contributed by atoms with Gasteiger partial charge >= 0.3 is 0 Å². The molecule has 2 aromatic rings. The van der Waals surface area contributed by atoms with Crippen molar-refractivity contribution in [2.45, 2.75) is 18.9 Å². The van der Waals surface area contributed by atoms with Crippen molar-refractivity contribution in [3.63, 3.8) is 0 Å². The van der Waals surface area contributed by atoms with Crippen LogP contribution in [-0.4, -0.2) is 18.5 Å². The minimum atomic E-state index is -0.417. The lowest BCUT2D eigenvalue weighted by atomic mass is 10.1. The first-order chi connectivity index (χ1) is 10.2. The lowest BCUT2D eigenvalue weighted by Gasteiger charge is -2.12. The van der Waals surface area contributed by atoms with E-state index < -0.39 is 5.82 Å². The number of nitrogens with one attached hydrogen (secondary N) is 2. The summed E-state index contributed by atoms with van der Waals surface area (Å²) in [6, 6.07) is 14.8. The number of rotatable bonds is 4. The van der Waals surface area contributed by atoms with Crippen LogP contribution < -0.4 is 10.6 Å². The molecule has 0 saturated carbocycles. The van der Waals surface area contributed by atoms with E-state index in [-0.39, 0.29) is 24.2 Å². The SMILES string of the molecule is O=C(CNC1Cc2ccccc2C1)Nc1ccccc1F. The molecule has 3 rings (SSSR count). The number of carbonyl (C=O) groups is 1. The number of hydrogen-bond donors (Lipinski definition) is 2. The Bertz CT molecular complexity index is 632. The van der Waals surface area contributed by atoms with Crippen molar-refractivity contribution >= 4 is 11.6 Å². The highest BCUT2D eigenvalue weighted by Gasteiger charge is 2.20. The molecule has 1 aliphatic carbocycles. The van der Waals surface area contributed by atoms with E-state index in [0.717, 1.165) is 12.8 Å². The molecule has 0 aromatic heterocycles. The first-order valence-electron chi connectivity index (χ1n) is 7.07. The average molecular weight is 284 g/mol. The monoisotopic (exact) mass is 284 g/mol. The van der Waals surface area contributed by atoms with E-state index in [4.69, 9.17) is 0 Å². The fourth-order valence-corrected chi connectivity index (χ4v) is 2.70. The number of fused-ring (bicyclic) bond motifs is 1. The molecule has 2 N–H and O–H groups in total. The van der Waals surface area contributed by atoms with E-state index in [1.54, 1.807) is 18.2 Å². The van der Waals surface area contributed by atoms with E-state index in [1.165, 1.54) is 17.2 Å². The van der Waals surface area contributed by atoms with Gasteiger partial charge in [-0.15, -0.1) is 0 Å². The molecule has 0 fully saturated rings. The second-order valence-corrected chi connectivity index (χ2v) is 5.28. The Morgan fingerprint density at radius 3 is 2.33 bits per heavy atom. The topological polar surface area (TPSA) is 41.1 Å². The molecule has 21 heavy (non-hydrogen) atoms. The second kappa shape index (κ2) is 6.06. The maximum absolute atomic E-state index is 13.4. The summed E-state index contributed by atoms with van der Waals surface area (Å²) in [7, 11) is 0. The zero-order chi connectivity index (χ0) is 14.7. The maximum Gasteiger partial charge on any atom is 0.238 e. The van der Waals surface area contributed by atoms with Gasteiger partial charge in [0, 0.05) is 6.04 Å². The third kappa shape index (κ3) is 3.28.